The van der Waals surface area contributed by atoms with Crippen molar-refractivity contribution in [3.63, 3.8) is 0 Å². The van der Waals surface area contributed by atoms with Crippen molar-refractivity contribution in [3.05, 3.63) is 17.5 Å². The van der Waals surface area contributed by atoms with Crippen LogP contribution in [0.5, 0.6) is 0 Å². The average Bonchev–Trinajstić information content (AvgIpc) is 2.42. The molecule has 0 fully saturated rings. The van der Waals surface area contributed by atoms with Crippen molar-refractivity contribution in [1.29, 1.82) is 0 Å². The van der Waals surface area contributed by atoms with E-state index in [9.17, 15) is 0 Å². The number of aryl methyl sites for hydroxylation is 1. The van der Waals surface area contributed by atoms with Gasteiger partial charge in [0, 0.05) is 18.8 Å². The van der Waals surface area contributed by atoms with Gasteiger partial charge in [-0.05, 0) is 25.8 Å². The van der Waals surface area contributed by atoms with Gasteiger partial charge in [0.05, 0.1) is 0 Å². The van der Waals surface area contributed by atoms with E-state index in [0.29, 0.717) is 17.6 Å². The molecule has 6 nitrogen and oxygen atoms in total. The maximum atomic E-state index is 8.74. The molecule has 6 heteroatoms. The van der Waals surface area contributed by atoms with Gasteiger partial charge in [0.25, 0.3) is 0 Å². The average molecular weight is 265 g/mol. The van der Waals surface area contributed by atoms with Crippen LogP contribution in [0.1, 0.15) is 38.6 Å². The van der Waals surface area contributed by atoms with Crippen LogP contribution < -0.4 is 10.6 Å². The fraction of sp³-hybridized carbons (Fsp3) is 0.615. The Balaban J connectivity index is 3.07. The number of nitrogens with two attached hydrogens (primary N) is 1. The van der Waals surface area contributed by atoms with Gasteiger partial charge in [-0.15, -0.1) is 0 Å². The van der Waals surface area contributed by atoms with Gasteiger partial charge in [0.2, 0.25) is 5.95 Å². The molecule has 19 heavy (non-hydrogen) atoms. The molecule has 0 aliphatic heterocycles. The number of hydrogen-bond acceptors (Lipinski definition) is 5. The van der Waals surface area contributed by atoms with Gasteiger partial charge in [-0.2, -0.15) is 0 Å². The number of amidine groups is 1. The molecule has 1 unspecified atom stereocenters. The standard InChI is InChI=1S/C13H23N5O/c1-5-9(3)8-18(6-2)13-15-10(4)7-11(16-13)12(14)17-19/h7,9,19H,5-6,8H2,1-4H3,(H2,14,17). The first kappa shape index (κ1) is 15.2. The Hall–Kier alpha value is -1.85. The summed E-state index contributed by atoms with van der Waals surface area (Å²) in [5.41, 5.74) is 6.84. The van der Waals surface area contributed by atoms with Crippen molar-refractivity contribution in [2.24, 2.45) is 16.8 Å². The Morgan fingerprint density at radius 3 is 2.68 bits per heavy atom. The molecule has 1 aromatic rings. The van der Waals surface area contributed by atoms with Gasteiger partial charge in [-0.3, -0.25) is 0 Å². The van der Waals surface area contributed by atoms with Crippen molar-refractivity contribution in [2.75, 3.05) is 18.0 Å². The number of oxime groups is 1. The highest BCUT2D eigenvalue weighted by Crippen LogP contribution is 2.13. The summed E-state index contributed by atoms with van der Waals surface area (Å²) >= 11 is 0. The van der Waals surface area contributed by atoms with Crippen LogP contribution in [0.3, 0.4) is 0 Å². The number of anilines is 1. The van der Waals surface area contributed by atoms with Gasteiger partial charge in [-0.1, -0.05) is 25.4 Å². The maximum absolute atomic E-state index is 8.74. The molecule has 0 saturated heterocycles. The Morgan fingerprint density at radius 2 is 2.16 bits per heavy atom. The van der Waals surface area contributed by atoms with E-state index in [1.807, 2.05) is 6.92 Å². The van der Waals surface area contributed by atoms with Crippen LogP contribution in [0.25, 0.3) is 0 Å². The summed E-state index contributed by atoms with van der Waals surface area (Å²) in [7, 11) is 0. The third-order valence-corrected chi connectivity index (χ3v) is 3.11. The predicted molar refractivity (Wildman–Crippen MR) is 76.6 cm³/mol. The van der Waals surface area contributed by atoms with E-state index in [4.69, 9.17) is 10.9 Å². The van der Waals surface area contributed by atoms with E-state index in [-0.39, 0.29) is 5.84 Å². The molecule has 0 bridgehead atoms. The Bertz CT molecular complexity index is 447. The summed E-state index contributed by atoms with van der Waals surface area (Å²) in [6.07, 6.45) is 1.11. The highest BCUT2D eigenvalue weighted by molar-refractivity contribution is 5.95. The zero-order valence-electron chi connectivity index (χ0n) is 12.1. The minimum absolute atomic E-state index is 0.00587. The Morgan fingerprint density at radius 1 is 1.47 bits per heavy atom. The molecule has 106 valence electrons. The number of hydrogen-bond donors (Lipinski definition) is 2. The van der Waals surface area contributed by atoms with Crippen LogP contribution in [-0.2, 0) is 0 Å². The quantitative estimate of drug-likeness (QED) is 0.354. The van der Waals surface area contributed by atoms with Crippen molar-refractivity contribution in [3.8, 4) is 0 Å². The largest absolute Gasteiger partial charge is 0.409 e. The zero-order valence-corrected chi connectivity index (χ0v) is 12.1. The molecule has 0 aliphatic rings. The second-order valence-electron chi connectivity index (χ2n) is 4.73. The third kappa shape index (κ3) is 4.08. The van der Waals surface area contributed by atoms with Gasteiger partial charge in [0.1, 0.15) is 5.69 Å². The van der Waals surface area contributed by atoms with Crippen molar-refractivity contribution < 1.29 is 5.21 Å². The van der Waals surface area contributed by atoms with Crippen LogP contribution in [0, 0.1) is 12.8 Å². The van der Waals surface area contributed by atoms with Gasteiger partial charge < -0.3 is 15.8 Å². The van der Waals surface area contributed by atoms with E-state index >= 15 is 0 Å². The molecule has 1 atom stereocenters. The lowest BCUT2D eigenvalue weighted by Crippen LogP contribution is -2.30. The second kappa shape index (κ2) is 6.92. The molecular weight excluding hydrogens is 242 g/mol. The van der Waals surface area contributed by atoms with Gasteiger partial charge in [-0.25, -0.2) is 9.97 Å². The van der Waals surface area contributed by atoms with Crippen LogP contribution in [0.4, 0.5) is 5.95 Å². The summed E-state index contributed by atoms with van der Waals surface area (Å²) in [5, 5.41) is 11.7. The van der Waals surface area contributed by atoms with Crippen LogP contribution >= 0.6 is 0 Å². The highest BCUT2D eigenvalue weighted by atomic mass is 16.4. The Kier molecular flexibility index (Phi) is 5.54. The maximum Gasteiger partial charge on any atom is 0.226 e. The molecule has 0 aliphatic carbocycles. The molecule has 0 radical (unpaired) electrons. The molecule has 1 rings (SSSR count). The molecule has 0 saturated carbocycles. The van der Waals surface area contributed by atoms with Crippen molar-refractivity contribution in [1.82, 2.24) is 9.97 Å². The molecule has 1 heterocycles. The molecule has 3 N–H and O–H groups in total. The molecule has 0 aromatic carbocycles. The highest BCUT2D eigenvalue weighted by Gasteiger charge is 2.13. The van der Waals surface area contributed by atoms with E-state index in [1.165, 1.54) is 0 Å². The van der Waals surface area contributed by atoms with Crippen molar-refractivity contribution >= 4 is 11.8 Å². The fourth-order valence-corrected chi connectivity index (χ4v) is 1.73. The summed E-state index contributed by atoms with van der Waals surface area (Å²) in [6, 6.07) is 1.70. The monoisotopic (exact) mass is 265 g/mol. The molecule has 1 aromatic heterocycles. The normalized spacial score (nSPS) is 13.4. The first-order valence-corrected chi connectivity index (χ1v) is 6.60. The SMILES string of the molecule is CCC(C)CN(CC)c1nc(C)cc(/C(N)=N/O)n1. The zero-order chi connectivity index (χ0) is 14.4. The van der Waals surface area contributed by atoms with E-state index in [2.05, 4.69) is 40.8 Å². The van der Waals surface area contributed by atoms with Crippen LogP contribution in [0.2, 0.25) is 0 Å². The summed E-state index contributed by atoms with van der Waals surface area (Å²) in [6.45, 7) is 10.0. The van der Waals surface area contributed by atoms with Crippen LogP contribution in [0.15, 0.2) is 11.2 Å². The molecule has 0 amide bonds. The van der Waals surface area contributed by atoms with Gasteiger partial charge in [0.15, 0.2) is 5.84 Å². The number of rotatable bonds is 6. The van der Waals surface area contributed by atoms with Gasteiger partial charge >= 0.3 is 0 Å². The topological polar surface area (TPSA) is 87.6 Å². The lowest BCUT2D eigenvalue weighted by atomic mass is 10.1. The molecule has 0 spiro atoms. The first-order valence-electron chi connectivity index (χ1n) is 6.60. The summed E-state index contributed by atoms with van der Waals surface area (Å²) in [4.78, 5) is 10.9. The smallest absolute Gasteiger partial charge is 0.226 e. The van der Waals surface area contributed by atoms with Crippen LogP contribution in [-0.4, -0.2) is 34.1 Å². The fourth-order valence-electron chi connectivity index (χ4n) is 1.73. The predicted octanol–water partition coefficient (Wildman–Crippen LogP) is 1.75. The molecular formula is C13H23N5O. The number of nitrogens with zero attached hydrogens (tertiary/aromatic N) is 4. The second-order valence-corrected chi connectivity index (χ2v) is 4.73. The third-order valence-electron chi connectivity index (χ3n) is 3.11. The van der Waals surface area contributed by atoms with E-state index < -0.39 is 0 Å². The van der Waals surface area contributed by atoms with E-state index in [1.54, 1.807) is 6.07 Å². The minimum atomic E-state index is 0.00587. The first-order chi connectivity index (χ1) is 9.01. The lowest BCUT2D eigenvalue weighted by molar-refractivity contribution is 0.318. The van der Waals surface area contributed by atoms with E-state index in [0.717, 1.165) is 25.2 Å². The minimum Gasteiger partial charge on any atom is -0.409 e. The lowest BCUT2D eigenvalue weighted by Gasteiger charge is -2.24. The summed E-state index contributed by atoms with van der Waals surface area (Å²) in [5.74, 6) is 1.20. The Labute approximate surface area is 114 Å². The van der Waals surface area contributed by atoms with Crippen molar-refractivity contribution in [2.45, 2.75) is 34.1 Å². The number of aromatic nitrogens is 2. The summed E-state index contributed by atoms with van der Waals surface area (Å²) < 4.78 is 0.